The normalized spacial score (nSPS) is 17.5. The lowest BCUT2D eigenvalue weighted by Crippen LogP contribution is -2.54. The molecule has 270 valence electrons. The number of anilines is 2. The number of aromatic nitrogens is 2. The molecule has 52 heavy (non-hydrogen) atoms. The van der Waals surface area contributed by atoms with Crippen LogP contribution in [0.25, 0.3) is 21.9 Å². The Bertz CT molecular complexity index is 1950. The van der Waals surface area contributed by atoms with E-state index in [0.717, 1.165) is 33.9 Å². The van der Waals surface area contributed by atoms with E-state index in [1.165, 1.54) is 12.0 Å². The van der Waals surface area contributed by atoms with Gasteiger partial charge in [0.1, 0.15) is 29.8 Å². The number of nitrogens with zero attached hydrogens (tertiary/aromatic N) is 4. The fourth-order valence-corrected chi connectivity index (χ4v) is 6.84. The van der Waals surface area contributed by atoms with Gasteiger partial charge in [-0.2, -0.15) is 0 Å². The number of nitrogens with one attached hydrogen (secondary N) is 3. The largest absolute Gasteiger partial charge is 0.453 e. The molecule has 0 aliphatic carbocycles. The van der Waals surface area contributed by atoms with E-state index < -0.39 is 24.2 Å². The van der Waals surface area contributed by atoms with Crippen LogP contribution in [0.5, 0.6) is 0 Å². The van der Waals surface area contributed by atoms with Crippen LogP contribution in [0, 0.1) is 5.92 Å². The molecule has 3 atom stereocenters. The van der Waals surface area contributed by atoms with E-state index in [1.54, 1.807) is 23.4 Å². The highest BCUT2D eigenvalue weighted by molar-refractivity contribution is 6.00. The summed E-state index contributed by atoms with van der Waals surface area (Å²) in [5, 5.41) is 10.1. The third-order valence-corrected chi connectivity index (χ3v) is 9.63. The average molecular weight is 706 g/mol. The number of likely N-dealkylation sites (tertiary alicyclic amines) is 2. The third kappa shape index (κ3) is 8.20. The highest BCUT2D eigenvalue weighted by Crippen LogP contribution is 2.27. The maximum Gasteiger partial charge on any atom is 0.407 e. The molecular weight excluding hydrogens is 662 g/mol. The summed E-state index contributed by atoms with van der Waals surface area (Å²) in [4.78, 5) is 77.0. The van der Waals surface area contributed by atoms with Crippen molar-refractivity contribution in [2.75, 3.05) is 30.8 Å². The fraction of sp³-hybridized carbons (Fsp3) is 0.359. The van der Waals surface area contributed by atoms with Crippen LogP contribution in [0.1, 0.15) is 45.1 Å². The van der Waals surface area contributed by atoms with Gasteiger partial charge in [0.05, 0.1) is 13.5 Å². The van der Waals surface area contributed by atoms with Crippen LogP contribution < -0.4 is 16.0 Å². The summed E-state index contributed by atoms with van der Waals surface area (Å²) in [6.07, 6.45) is 5.43. The minimum Gasteiger partial charge on any atom is -0.453 e. The lowest BCUT2D eigenvalue weighted by atomic mass is 10.0. The highest BCUT2D eigenvalue weighted by Gasteiger charge is 2.39. The summed E-state index contributed by atoms with van der Waals surface area (Å²) in [5.74, 6) is -0.462. The van der Waals surface area contributed by atoms with Gasteiger partial charge in [-0.05, 0) is 72.4 Å². The number of ether oxygens (including phenoxy) is 1. The van der Waals surface area contributed by atoms with Crippen molar-refractivity contribution in [1.82, 2.24) is 25.1 Å². The van der Waals surface area contributed by atoms with Crippen molar-refractivity contribution in [2.24, 2.45) is 5.92 Å². The first-order valence-electron chi connectivity index (χ1n) is 17.6. The van der Waals surface area contributed by atoms with Gasteiger partial charge in [-0.25, -0.2) is 14.8 Å². The van der Waals surface area contributed by atoms with Crippen LogP contribution in [0.3, 0.4) is 0 Å². The SMILES string of the molecule is COC(=O)NC(C(=O)N1CCCC1C(=O)Nc1ccc(-c2ccc3cnc(NC(=O)C4CCCN4C(=O)Cc4ccccc4)cc3c2)cn1)C(C)C. The molecule has 2 aliphatic heterocycles. The number of carbonyl (C=O) groups is 5. The number of amides is 5. The van der Waals surface area contributed by atoms with Crippen molar-refractivity contribution in [3.05, 3.63) is 84.7 Å². The molecule has 4 aromatic rings. The van der Waals surface area contributed by atoms with Crippen LogP contribution in [-0.2, 0) is 30.3 Å². The summed E-state index contributed by atoms with van der Waals surface area (Å²) in [5.41, 5.74) is 2.60. The molecular formula is C39H43N7O6. The molecule has 13 heteroatoms. The molecule has 2 aromatic carbocycles. The molecule has 3 N–H and O–H groups in total. The van der Waals surface area contributed by atoms with Crippen LogP contribution >= 0.6 is 0 Å². The fourth-order valence-electron chi connectivity index (χ4n) is 6.84. The van der Waals surface area contributed by atoms with E-state index in [4.69, 9.17) is 0 Å². The number of fused-ring (bicyclic) bond motifs is 1. The summed E-state index contributed by atoms with van der Waals surface area (Å²) in [6.45, 7) is 4.59. The van der Waals surface area contributed by atoms with E-state index in [2.05, 4.69) is 30.7 Å². The predicted molar refractivity (Wildman–Crippen MR) is 196 cm³/mol. The zero-order valence-electron chi connectivity index (χ0n) is 29.5. The zero-order chi connectivity index (χ0) is 36.8. The van der Waals surface area contributed by atoms with E-state index in [9.17, 15) is 24.0 Å². The molecule has 0 radical (unpaired) electrons. The summed E-state index contributed by atoms with van der Waals surface area (Å²) in [6, 6.07) is 18.7. The first-order valence-corrected chi connectivity index (χ1v) is 17.6. The molecule has 0 spiro atoms. The highest BCUT2D eigenvalue weighted by atomic mass is 16.5. The molecule has 3 unspecified atom stereocenters. The summed E-state index contributed by atoms with van der Waals surface area (Å²) in [7, 11) is 1.24. The minimum absolute atomic E-state index is 0.0699. The monoisotopic (exact) mass is 705 g/mol. The molecule has 2 saturated heterocycles. The smallest absolute Gasteiger partial charge is 0.407 e. The van der Waals surface area contributed by atoms with Gasteiger partial charge in [0.15, 0.2) is 0 Å². The van der Waals surface area contributed by atoms with Crippen LogP contribution in [0.15, 0.2) is 79.1 Å². The van der Waals surface area contributed by atoms with Crippen molar-refractivity contribution < 1.29 is 28.7 Å². The topological polar surface area (TPSA) is 163 Å². The van der Waals surface area contributed by atoms with Crippen molar-refractivity contribution in [3.63, 3.8) is 0 Å². The number of pyridine rings is 2. The van der Waals surface area contributed by atoms with Gasteiger partial charge in [0, 0.05) is 36.4 Å². The van der Waals surface area contributed by atoms with Crippen LogP contribution in [0.4, 0.5) is 16.4 Å². The Morgan fingerprint density at radius 1 is 0.769 bits per heavy atom. The van der Waals surface area contributed by atoms with Gasteiger partial charge < -0.3 is 30.5 Å². The molecule has 2 aromatic heterocycles. The average Bonchev–Trinajstić information content (AvgIpc) is 3.85. The quantitative estimate of drug-likeness (QED) is 0.212. The molecule has 5 amide bonds. The number of alkyl carbamates (subject to hydrolysis) is 1. The number of rotatable bonds is 10. The Morgan fingerprint density at radius 3 is 2.10 bits per heavy atom. The second kappa shape index (κ2) is 16.0. The number of benzene rings is 2. The van der Waals surface area contributed by atoms with Crippen LogP contribution in [-0.4, -0.2) is 87.8 Å². The van der Waals surface area contributed by atoms with E-state index in [1.807, 2.05) is 74.5 Å². The first kappa shape index (κ1) is 36.0. The van der Waals surface area contributed by atoms with Gasteiger partial charge >= 0.3 is 6.09 Å². The van der Waals surface area contributed by atoms with E-state index in [-0.39, 0.29) is 36.0 Å². The predicted octanol–water partition coefficient (Wildman–Crippen LogP) is 4.78. The molecule has 0 bridgehead atoms. The summed E-state index contributed by atoms with van der Waals surface area (Å²) >= 11 is 0. The van der Waals surface area contributed by atoms with Crippen molar-refractivity contribution in [3.8, 4) is 11.1 Å². The molecule has 2 aliphatic rings. The first-order chi connectivity index (χ1) is 25.1. The Balaban J connectivity index is 1.09. The molecule has 13 nitrogen and oxygen atoms in total. The van der Waals surface area contributed by atoms with Crippen molar-refractivity contribution in [1.29, 1.82) is 0 Å². The Kier molecular flexibility index (Phi) is 11.1. The van der Waals surface area contributed by atoms with Gasteiger partial charge in [-0.1, -0.05) is 56.3 Å². The maximum absolute atomic E-state index is 13.3. The second-order valence-electron chi connectivity index (χ2n) is 13.5. The van der Waals surface area contributed by atoms with E-state index >= 15 is 0 Å². The Labute approximate surface area is 302 Å². The van der Waals surface area contributed by atoms with Crippen LogP contribution in [0.2, 0.25) is 0 Å². The molecule has 2 fully saturated rings. The molecule has 0 saturated carbocycles. The van der Waals surface area contributed by atoms with Gasteiger partial charge in [0.2, 0.25) is 23.6 Å². The number of hydrogen-bond acceptors (Lipinski definition) is 8. The van der Waals surface area contributed by atoms with Gasteiger partial charge in [-0.15, -0.1) is 0 Å². The van der Waals surface area contributed by atoms with Crippen molar-refractivity contribution >= 4 is 52.1 Å². The Morgan fingerprint density at radius 2 is 1.42 bits per heavy atom. The lowest BCUT2D eigenvalue weighted by molar-refractivity contribution is -0.139. The number of methoxy groups -OCH3 is 1. The number of hydrogen-bond donors (Lipinski definition) is 3. The number of carbonyl (C=O) groups excluding carboxylic acids is 5. The van der Waals surface area contributed by atoms with Crippen molar-refractivity contribution in [2.45, 2.75) is 64.1 Å². The zero-order valence-corrected chi connectivity index (χ0v) is 29.5. The molecule has 4 heterocycles. The van der Waals surface area contributed by atoms with Gasteiger partial charge in [-0.3, -0.25) is 19.2 Å². The third-order valence-electron chi connectivity index (χ3n) is 9.63. The Hall–Kier alpha value is -5.85. The standard InChI is InChI=1S/C39H43N7O6/c1-24(2)35(44-39(51)52-3)38(50)46-18-8-12-31(46)37(49)42-32-16-15-27(22-40-32)26-13-14-28-23-41-33(21-29(28)20-26)43-36(48)30-11-7-17-45(30)34(47)19-25-9-5-4-6-10-25/h4-6,9-10,13-16,20-24,30-31,35H,7-8,11-12,17-19H2,1-3H3,(H,44,51)(H,40,42,49)(H,41,43,48). The summed E-state index contributed by atoms with van der Waals surface area (Å²) < 4.78 is 4.68. The van der Waals surface area contributed by atoms with Gasteiger partial charge in [0.25, 0.3) is 0 Å². The molecule has 6 rings (SSSR count). The minimum atomic E-state index is -0.818. The second-order valence-corrected chi connectivity index (χ2v) is 13.5. The van der Waals surface area contributed by atoms with E-state index in [0.29, 0.717) is 44.0 Å². The lowest BCUT2D eigenvalue weighted by Gasteiger charge is -2.30. The maximum atomic E-state index is 13.3.